The summed E-state index contributed by atoms with van der Waals surface area (Å²) in [5.41, 5.74) is 0. The Hall–Kier alpha value is -0.300. The summed E-state index contributed by atoms with van der Waals surface area (Å²) in [6.45, 7) is 1.22. The van der Waals surface area contributed by atoms with Crippen molar-refractivity contribution in [2.24, 2.45) is 0 Å². The predicted octanol–water partition coefficient (Wildman–Crippen LogP) is 0.432. The molecule has 0 rings (SSSR count). The first-order valence-corrected chi connectivity index (χ1v) is 4.03. The minimum atomic E-state index is -0.486. The maximum atomic E-state index is 9.07. The molecule has 0 aliphatic rings. The first kappa shape index (κ1) is 10.7. The van der Waals surface area contributed by atoms with Crippen LogP contribution in [0.25, 0.3) is 0 Å². The molecule has 64 valence electrons. The van der Waals surface area contributed by atoms with Crippen LogP contribution in [0.1, 0.15) is 6.42 Å². The number of nitrogens with zero attached hydrogens (tertiary/aromatic N) is 2. The highest BCUT2D eigenvalue weighted by Gasteiger charge is 2.05. The third kappa shape index (κ3) is 6.11. The largest absolute Gasteiger partial charge is 0.391 e. The Morgan fingerprint density at radius 2 is 2.36 bits per heavy atom. The minimum absolute atomic E-state index is 0.247. The number of halogens is 1. The van der Waals surface area contributed by atoms with Crippen LogP contribution in [0, 0.1) is 11.3 Å². The third-order valence-electron chi connectivity index (χ3n) is 1.31. The van der Waals surface area contributed by atoms with E-state index in [1.165, 1.54) is 0 Å². The van der Waals surface area contributed by atoms with Gasteiger partial charge in [0.1, 0.15) is 0 Å². The van der Waals surface area contributed by atoms with Crippen molar-refractivity contribution >= 4 is 11.6 Å². The van der Waals surface area contributed by atoms with Gasteiger partial charge in [0.2, 0.25) is 0 Å². The molecule has 4 heteroatoms. The number of likely N-dealkylation sites (N-methyl/N-ethyl adjacent to an activating group) is 1. The van der Waals surface area contributed by atoms with Crippen LogP contribution in [0.2, 0.25) is 0 Å². The average Bonchev–Trinajstić information content (AvgIpc) is 2.00. The fraction of sp³-hybridized carbons (Fsp3) is 0.857. The van der Waals surface area contributed by atoms with Crippen molar-refractivity contribution in [3.8, 4) is 6.07 Å². The topological polar surface area (TPSA) is 47.3 Å². The van der Waals surface area contributed by atoms with Gasteiger partial charge in [-0.2, -0.15) is 5.26 Å². The highest BCUT2D eigenvalue weighted by molar-refractivity contribution is 6.18. The molecule has 0 fully saturated rings. The highest BCUT2D eigenvalue weighted by atomic mass is 35.5. The van der Waals surface area contributed by atoms with E-state index in [4.69, 9.17) is 22.0 Å². The lowest BCUT2D eigenvalue weighted by atomic mass is 10.3. The molecule has 0 radical (unpaired) electrons. The number of nitriles is 1. The van der Waals surface area contributed by atoms with Gasteiger partial charge in [-0.3, -0.25) is 0 Å². The molecular formula is C7H13ClN2O. The zero-order valence-corrected chi connectivity index (χ0v) is 7.38. The molecule has 0 aromatic heterocycles. The van der Waals surface area contributed by atoms with Crippen LogP contribution < -0.4 is 0 Å². The Labute approximate surface area is 72.2 Å². The van der Waals surface area contributed by atoms with Gasteiger partial charge in [-0.1, -0.05) is 0 Å². The Morgan fingerprint density at radius 3 is 2.82 bits per heavy atom. The van der Waals surface area contributed by atoms with E-state index in [1.807, 2.05) is 18.0 Å². The molecule has 0 saturated carbocycles. The lowest BCUT2D eigenvalue weighted by Crippen LogP contribution is -2.30. The van der Waals surface area contributed by atoms with Crippen molar-refractivity contribution < 1.29 is 5.11 Å². The van der Waals surface area contributed by atoms with Gasteiger partial charge in [-0.05, 0) is 7.05 Å². The van der Waals surface area contributed by atoms with E-state index in [0.29, 0.717) is 19.5 Å². The van der Waals surface area contributed by atoms with Gasteiger partial charge in [0.05, 0.1) is 12.2 Å². The van der Waals surface area contributed by atoms with Crippen LogP contribution in [-0.2, 0) is 0 Å². The second-order valence-electron chi connectivity index (χ2n) is 2.48. The molecule has 0 aliphatic carbocycles. The summed E-state index contributed by atoms with van der Waals surface area (Å²) in [4.78, 5) is 1.89. The Morgan fingerprint density at radius 1 is 1.73 bits per heavy atom. The molecule has 3 nitrogen and oxygen atoms in total. The van der Waals surface area contributed by atoms with Crippen LogP contribution >= 0.6 is 11.6 Å². The van der Waals surface area contributed by atoms with Crippen molar-refractivity contribution in [3.63, 3.8) is 0 Å². The van der Waals surface area contributed by atoms with E-state index < -0.39 is 6.10 Å². The van der Waals surface area contributed by atoms with Crippen molar-refractivity contribution in [1.82, 2.24) is 4.90 Å². The van der Waals surface area contributed by atoms with E-state index in [1.54, 1.807) is 0 Å². The molecule has 0 heterocycles. The minimum Gasteiger partial charge on any atom is -0.391 e. The highest BCUT2D eigenvalue weighted by Crippen LogP contribution is 1.92. The maximum absolute atomic E-state index is 9.07. The van der Waals surface area contributed by atoms with Crippen molar-refractivity contribution in [2.45, 2.75) is 12.5 Å². The number of alkyl halides is 1. The van der Waals surface area contributed by atoms with Gasteiger partial charge in [0.15, 0.2) is 0 Å². The molecule has 0 spiro atoms. The molecule has 0 aliphatic heterocycles. The summed E-state index contributed by atoms with van der Waals surface area (Å²) in [7, 11) is 1.85. The van der Waals surface area contributed by atoms with Gasteiger partial charge in [0.25, 0.3) is 0 Å². The maximum Gasteiger partial charge on any atom is 0.0802 e. The monoisotopic (exact) mass is 176 g/mol. The molecule has 0 saturated heterocycles. The van der Waals surface area contributed by atoms with Crippen LogP contribution in [0.4, 0.5) is 0 Å². The SMILES string of the molecule is CN(CCC#N)CC(O)CCl. The number of hydrogen-bond donors (Lipinski definition) is 1. The smallest absolute Gasteiger partial charge is 0.0802 e. The van der Waals surface area contributed by atoms with Gasteiger partial charge in [0, 0.05) is 25.4 Å². The fourth-order valence-electron chi connectivity index (χ4n) is 0.741. The second-order valence-corrected chi connectivity index (χ2v) is 2.79. The van der Waals surface area contributed by atoms with E-state index in [9.17, 15) is 0 Å². The summed E-state index contributed by atoms with van der Waals surface area (Å²) in [6.07, 6.45) is 0.00579. The molecule has 11 heavy (non-hydrogen) atoms. The normalized spacial score (nSPS) is 13.0. The Balaban J connectivity index is 3.37. The average molecular weight is 177 g/mol. The summed E-state index contributed by atoms with van der Waals surface area (Å²) >= 11 is 5.39. The predicted molar refractivity (Wildman–Crippen MR) is 44.5 cm³/mol. The number of aliphatic hydroxyl groups excluding tert-OH is 1. The quantitative estimate of drug-likeness (QED) is 0.619. The van der Waals surface area contributed by atoms with Gasteiger partial charge >= 0.3 is 0 Å². The van der Waals surface area contributed by atoms with E-state index >= 15 is 0 Å². The Bertz CT molecular complexity index is 135. The van der Waals surface area contributed by atoms with Gasteiger partial charge in [-0.15, -0.1) is 11.6 Å². The van der Waals surface area contributed by atoms with Crippen molar-refractivity contribution in [3.05, 3.63) is 0 Å². The summed E-state index contributed by atoms with van der Waals surface area (Å²) < 4.78 is 0. The molecular weight excluding hydrogens is 164 g/mol. The van der Waals surface area contributed by atoms with E-state index in [0.717, 1.165) is 0 Å². The summed E-state index contributed by atoms with van der Waals surface area (Å²) in [5.74, 6) is 0.247. The van der Waals surface area contributed by atoms with Crippen LogP contribution in [-0.4, -0.2) is 42.1 Å². The first-order valence-electron chi connectivity index (χ1n) is 3.50. The zero-order chi connectivity index (χ0) is 8.69. The molecule has 1 unspecified atom stereocenters. The standard InChI is InChI=1S/C7H13ClN2O/c1-10(4-2-3-9)6-7(11)5-8/h7,11H,2,4-6H2,1H3. The number of hydrogen-bond acceptors (Lipinski definition) is 3. The van der Waals surface area contributed by atoms with Crippen LogP contribution in [0.5, 0.6) is 0 Å². The molecule has 0 amide bonds. The number of rotatable bonds is 5. The first-order chi connectivity index (χ1) is 5.20. The zero-order valence-electron chi connectivity index (χ0n) is 6.63. The lowest BCUT2D eigenvalue weighted by Gasteiger charge is -2.17. The van der Waals surface area contributed by atoms with Crippen molar-refractivity contribution in [2.75, 3.05) is 26.0 Å². The second kappa shape index (κ2) is 6.41. The number of aliphatic hydroxyl groups is 1. The summed E-state index contributed by atoms with van der Waals surface area (Å²) in [5, 5.41) is 17.3. The molecule has 0 bridgehead atoms. The molecule has 1 atom stereocenters. The van der Waals surface area contributed by atoms with Gasteiger partial charge in [-0.25, -0.2) is 0 Å². The summed E-state index contributed by atoms with van der Waals surface area (Å²) in [6, 6.07) is 2.03. The molecule has 0 aromatic carbocycles. The van der Waals surface area contributed by atoms with Crippen molar-refractivity contribution in [1.29, 1.82) is 5.26 Å². The van der Waals surface area contributed by atoms with Gasteiger partial charge < -0.3 is 10.0 Å². The molecule has 0 aromatic rings. The van der Waals surface area contributed by atoms with E-state index in [2.05, 4.69) is 0 Å². The van der Waals surface area contributed by atoms with E-state index in [-0.39, 0.29) is 5.88 Å². The Kier molecular flexibility index (Phi) is 6.24. The van der Waals surface area contributed by atoms with Crippen LogP contribution in [0.15, 0.2) is 0 Å². The fourth-order valence-corrected chi connectivity index (χ4v) is 0.838. The third-order valence-corrected chi connectivity index (χ3v) is 1.66. The van der Waals surface area contributed by atoms with Crippen LogP contribution in [0.3, 0.4) is 0 Å². The molecule has 1 N–H and O–H groups in total. The lowest BCUT2D eigenvalue weighted by molar-refractivity contribution is 0.145.